The van der Waals surface area contributed by atoms with Crippen molar-refractivity contribution in [1.82, 2.24) is 5.32 Å². The van der Waals surface area contributed by atoms with Gasteiger partial charge in [-0.25, -0.2) is 12.8 Å². The molecule has 0 aliphatic heterocycles. The molecule has 0 heterocycles. The summed E-state index contributed by atoms with van der Waals surface area (Å²) in [6.45, 7) is 5.25. The lowest BCUT2D eigenvalue weighted by Gasteiger charge is -2.30. The van der Waals surface area contributed by atoms with Crippen molar-refractivity contribution >= 4 is 33.2 Å². The third-order valence-corrected chi connectivity index (χ3v) is 5.43. The topological polar surface area (TPSA) is 95.6 Å². The van der Waals surface area contributed by atoms with E-state index in [0.717, 1.165) is 16.6 Å². The molecule has 2 rings (SSSR count). The summed E-state index contributed by atoms with van der Waals surface area (Å²) in [6, 6.07) is 10.5. The molecule has 2 N–H and O–H groups in total. The molecule has 0 saturated carbocycles. The Balaban J connectivity index is 2.41. The lowest BCUT2D eigenvalue weighted by atomic mass is 10.1. The van der Waals surface area contributed by atoms with Crippen LogP contribution in [0.5, 0.6) is 0 Å². The molecule has 0 bridgehead atoms. The summed E-state index contributed by atoms with van der Waals surface area (Å²) in [4.78, 5) is 25.5. The van der Waals surface area contributed by atoms with E-state index < -0.39 is 27.8 Å². The number of anilines is 2. The van der Waals surface area contributed by atoms with E-state index in [-0.39, 0.29) is 35.3 Å². The largest absolute Gasteiger partial charge is 0.350 e. The maximum absolute atomic E-state index is 14.4. The van der Waals surface area contributed by atoms with Crippen LogP contribution in [0.25, 0.3) is 0 Å². The van der Waals surface area contributed by atoms with Crippen molar-refractivity contribution < 1.29 is 22.4 Å². The zero-order chi connectivity index (χ0) is 22.5. The molecule has 0 spiro atoms. The predicted octanol–water partition coefficient (Wildman–Crippen LogP) is 3.15. The first-order valence-corrected chi connectivity index (χ1v) is 11.4. The first-order chi connectivity index (χ1) is 14.1. The maximum atomic E-state index is 14.4. The molecule has 0 aliphatic carbocycles. The molecule has 2 aromatic rings. The van der Waals surface area contributed by atoms with Crippen molar-refractivity contribution in [3.8, 4) is 0 Å². The second kappa shape index (κ2) is 9.71. The van der Waals surface area contributed by atoms with Gasteiger partial charge in [-0.15, -0.1) is 0 Å². The van der Waals surface area contributed by atoms with Crippen LogP contribution in [0.15, 0.2) is 48.5 Å². The average molecular weight is 436 g/mol. The maximum Gasteiger partial charge on any atom is 0.253 e. The Kier molecular flexibility index (Phi) is 7.55. The molecule has 1 atom stereocenters. The molecule has 0 unspecified atom stereocenters. The highest BCUT2D eigenvalue weighted by atomic mass is 32.2. The van der Waals surface area contributed by atoms with E-state index in [9.17, 15) is 22.4 Å². The standard InChI is InChI=1S/C21H26FN3O4S/c1-5-18(25(30(4,28)29)19-13-9-7-11-16(19)22)21(27)24-17-12-8-6-10-15(17)20(26)23-14(2)3/h6-14,18H,5H2,1-4H3,(H,23,26)(H,24,27)/t18-/m0/s1. The van der Waals surface area contributed by atoms with E-state index in [1.807, 2.05) is 13.8 Å². The third-order valence-electron chi connectivity index (χ3n) is 4.27. The molecule has 162 valence electrons. The minimum absolute atomic E-state index is 0.0909. The predicted molar refractivity (Wildman–Crippen MR) is 115 cm³/mol. The number of nitrogens with one attached hydrogen (secondary N) is 2. The summed E-state index contributed by atoms with van der Waals surface area (Å²) >= 11 is 0. The van der Waals surface area contributed by atoms with Gasteiger partial charge in [0, 0.05) is 6.04 Å². The second-order valence-corrected chi connectivity index (χ2v) is 8.96. The summed E-state index contributed by atoms with van der Waals surface area (Å²) in [5.41, 5.74) is 0.264. The first kappa shape index (κ1) is 23.3. The molecule has 9 heteroatoms. The van der Waals surface area contributed by atoms with Crippen LogP contribution in [-0.4, -0.2) is 38.6 Å². The number of rotatable bonds is 8. The minimum Gasteiger partial charge on any atom is -0.350 e. The number of amides is 2. The van der Waals surface area contributed by atoms with Crippen molar-refractivity contribution in [3.63, 3.8) is 0 Å². The number of hydrogen-bond donors (Lipinski definition) is 2. The molecule has 0 aliphatic rings. The van der Waals surface area contributed by atoms with Gasteiger partial charge >= 0.3 is 0 Å². The first-order valence-electron chi connectivity index (χ1n) is 9.51. The van der Waals surface area contributed by atoms with E-state index in [2.05, 4.69) is 10.6 Å². The van der Waals surface area contributed by atoms with Gasteiger partial charge in [0.1, 0.15) is 11.9 Å². The second-order valence-electron chi connectivity index (χ2n) is 7.10. The van der Waals surface area contributed by atoms with Gasteiger partial charge in [0.25, 0.3) is 5.91 Å². The highest BCUT2D eigenvalue weighted by Gasteiger charge is 2.33. The minimum atomic E-state index is -3.98. The van der Waals surface area contributed by atoms with Crippen LogP contribution in [-0.2, 0) is 14.8 Å². The van der Waals surface area contributed by atoms with Gasteiger partial charge < -0.3 is 10.6 Å². The SMILES string of the molecule is CC[C@@H](C(=O)Nc1ccccc1C(=O)NC(C)C)N(c1ccccc1F)S(C)(=O)=O. The summed E-state index contributed by atoms with van der Waals surface area (Å²) in [5, 5.41) is 5.38. The number of carbonyl (C=O) groups is 2. The molecular weight excluding hydrogens is 409 g/mol. The Morgan fingerprint density at radius 3 is 2.23 bits per heavy atom. The number of para-hydroxylation sites is 2. The fourth-order valence-corrected chi connectivity index (χ4v) is 4.22. The molecule has 30 heavy (non-hydrogen) atoms. The normalized spacial score (nSPS) is 12.3. The van der Waals surface area contributed by atoms with Crippen molar-refractivity contribution in [1.29, 1.82) is 0 Å². The fraction of sp³-hybridized carbons (Fsp3) is 0.333. The smallest absolute Gasteiger partial charge is 0.253 e. The molecule has 0 fully saturated rings. The Morgan fingerprint density at radius 2 is 1.67 bits per heavy atom. The monoisotopic (exact) mass is 435 g/mol. The van der Waals surface area contributed by atoms with Crippen LogP contribution in [0, 0.1) is 5.82 Å². The van der Waals surface area contributed by atoms with Gasteiger partial charge in [0.15, 0.2) is 0 Å². The van der Waals surface area contributed by atoms with Crippen molar-refractivity contribution in [2.75, 3.05) is 15.9 Å². The molecule has 7 nitrogen and oxygen atoms in total. The molecule has 0 radical (unpaired) electrons. The number of benzene rings is 2. The van der Waals surface area contributed by atoms with Crippen LogP contribution in [0.2, 0.25) is 0 Å². The zero-order valence-corrected chi connectivity index (χ0v) is 18.2. The van der Waals surface area contributed by atoms with Crippen LogP contribution in [0.4, 0.5) is 15.8 Å². The Labute approximate surface area is 176 Å². The number of sulfonamides is 1. The summed E-state index contributed by atoms with van der Waals surface area (Å²) in [7, 11) is -3.98. The van der Waals surface area contributed by atoms with Gasteiger partial charge in [-0.1, -0.05) is 31.2 Å². The van der Waals surface area contributed by atoms with E-state index in [4.69, 9.17) is 0 Å². The summed E-state index contributed by atoms with van der Waals surface area (Å²) in [6.07, 6.45) is 1.01. The molecule has 2 aromatic carbocycles. The lowest BCUT2D eigenvalue weighted by molar-refractivity contribution is -0.117. The van der Waals surface area contributed by atoms with Gasteiger partial charge in [0.2, 0.25) is 15.9 Å². The summed E-state index contributed by atoms with van der Waals surface area (Å²) in [5.74, 6) is -1.80. The zero-order valence-electron chi connectivity index (χ0n) is 17.3. The van der Waals surface area contributed by atoms with E-state index in [0.29, 0.717) is 0 Å². The summed E-state index contributed by atoms with van der Waals surface area (Å²) < 4.78 is 40.0. The van der Waals surface area contributed by atoms with Crippen LogP contribution < -0.4 is 14.9 Å². The third kappa shape index (κ3) is 5.56. The van der Waals surface area contributed by atoms with Gasteiger partial charge in [0.05, 0.1) is 23.2 Å². The van der Waals surface area contributed by atoms with Gasteiger partial charge in [-0.05, 0) is 44.5 Å². The number of nitrogens with zero attached hydrogens (tertiary/aromatic N) is 1. The highest BCUT2D eigenvalue weighted by molar-refractivity contribution is 7.92. The Hall–Kier alpha value is -2.94. The van der Waals surface area contributed by atoms with Crippen LogP contribution in [0.3, 0.4) is 0 Å². The molecule has 0 saturated heterocycles. The number of halogens is 1. The van der Waals surface area contributed by atoms with E-state index in [1.54, 1.807) is 31.2 Å². The van der Waals surface area contributed by atoms with Crippen LogP contribution >= 0.6 is 0 Å². The lowest BCUT2D eigenvalue weighted by Crippen LogP contribution is -2.47. The average Bonchev–Trinajstić information content (AvgIpc) is 2.65. The van der Waals surface area contributed by atoms with Crippen molar-refractivity contribution in [2.24, 2.45) is 0 Å². The highest BCUT2D eigenvalue weighted by Crippen LogP contribution is 2.26. The van der Waals surface area contributed by atoms with E-state index >= 15 is 0 Å². The van der Waals surface area contributed by atoms with Gasteiger partial charge in [-0.2, -0.15) is 0 Å². The van der Waals surface area contributed by atoms with E-state index in [1.165, 1.54) is 18.2 Å². The molecular formula is C21H26FN3O4S. The number of carbonyl (C=O) groups excluding carboxylic acids is 2. The van der Waals surface area contributed by atoms with Gasteiger partial charge in [-0.3, -0.25) is 13.9 Å². The Morgan fingerprint density at radius 1 is 1.07 bits per heavy atom. The fourth-order valence-electron chi connectivity index (χ4n) is 3.01. The molecule has 0 aromatic heterocycles. The quantitative estimate of drug-likeness (QED) is 0.666. The van der Waals surface area contributed by atoms with Crippen molar-refractivity contribution in [3.05, 3.63) is 59.9 Å². The van der Waals surface area contributed by atoms with Crippen molar-refractivity contribution in [2.45, 2.75) is 39.3 Å². The number of hydrogen-bond acceptors (Lipinski definition) is 4. The Bertz CT molecular complexity index is 1020. The molecule has 2 amide bonds. The van der Waals surface area contributed by atoms with Crippen LogP contribution in [0.1, 0.15) is 37.6 Å².